The van der Waals surface area contributed by atoms with Gasteiger partial charge in [0.15, 0.2) is 0 Å². The van der Waals surface area contributed by atoms with Crippen LogP contribution in [0.4, 0.5) is 0 Å². The van der Waals surface area contributed by atoms with E-state index in [2.05, 4.69) is 10.6 Å². The van der Waals surface area contributed by atoms with Gasteiger partial charge in [-0.2, -0.15) is 0 Å². The summed E-state index contributed by atoms with van der Waals surface area (Å²) in [5, 5.41) is 6.96. The number of piperidine rings is 1. The number of methoxy groups -OCH3 is 1. The monoisotopic (exact) mass is 308 g/mol. The molecule has 1 fully saturated rings. The van der Waals surface area contributed by atoms with Gasteiger partial charge in [-0.25, -0.2) is 0 Å². The van der Waals surface area contributed by atoms with Crippen molar-refractivity contribution in [3.8, 4) is 5.75 Å². The maximum Gasteiger partial charge on any atom is 0.230 e. The summed E-state index contributed by atoms with van der Waals surface area (Å²) in [6.45, 7) is 2.81. The molecule has 0 aliphatic carbocycles. The molecule has 2 rings (SSSR count). The average molecular weight is 308 g/mol. The molecule has 0 atom stereocenters. The fraction of sp³-hybridized carbons (Fsp3) is 0.562. The van der Waals surface area contributed by atoms with E-state index in [0.29, 0.717) is 17.5 Å². The van der Waals surface area contributed by atoms with E-state index < -0.39 is 0 Å². The second kappa shape index (κ2) is 8.95. The van der Waals surface area contributed by atoms with E-state index in [4.69, 9.17) is 4.74 Å². The Balaban J connectivity index is 1.64. The van der Waals surface area contributed by atoms with Crippen LogP contribution in [0.1, 0.15) is 18.4 Å². The van der Waals surface area contributed by atoms with Crippen molar-refractivity contribution >= 4 is 17.7 Å². The van der Waals surface area contributed by atoms with Crippen molar-refractivity contribution in [1.29, 1.82) is 0 Å². The van der Waals surface area contributed by atoms with Crippen molar-refractivity contribution in [1.82, 2.24) is 10.6 Å². The average Bonchev–Trinajstić information content (AvgIpc) is 2.54. The number of ether oxygens (including phenoxy) is 1. The number of carbonyl (C=O) groups excluding carboxylic acids is 1. The molecule has 0 radical (unpaired) electrons. The first-order valence-electron chi connectivity index (χ1n) is 7.50. The lowest BCUT2D eigenvalue weighted by Crippen LogP contribution is -2.32. The number of para-hydroxylation sites is 1. The molecule has 5 heteroatoms. The van der Waals surface area contributed by atoms with E-state index in [-0.39, 0.29) is 5.91 Å². The summed E-state index contributed by atoms with van der Waals surface area (Å²) in [4.78, 5) is 11.9. The standard InChI is InChI=1S/C16H24N2O2S/c1-20-15-5-3-2-4-13(15)6-11-18-16(19)12-21-14-7-9-17-10-8-14/h2-5,14,17H,6-12H2,1H3,(H,18,19). The molecule has 0 spiro atoms. The van der Waals surface area contributed by atoms with Crippen molar-refractivity contribution in [2.45, 2.75) is 24.5 Å². The van der Waals surface area contributed by atoms with Gasteiger partial charge in [0, 0.05) is 11.8 Å². The maximum absolute atomic E-state index is 11.9. The molecule has 4 nitrogen and oxygen atoms in total. The summed E-state index contributed by atoms with van der Waals surface area (Å²) in [7, 11) is 1.67. The first-order chi connectivity index (χ1) is 10.3. The van der Waals surface area contributed by atoms with Crippen LogP contribution in [-0.2, 0) is 11.2 Å². The molecule has 2 N–H and O–H groups in total. The molecule has 1 aliphatic rings. The lowest BCUT2D eigenvalue weighted by atomic mass is 10.1. The Kier molecular flexibility index (Phi) is 6.89. The minimum Gasteiger partial charge on any atom is -0.496 e. The van der Waals surface area contributed by atoms with Crippen molar-refractivity contribution < 1.29 is 9.53 Å². The van der Waals surface area contributed by atoms with E-state index in [0.717, 1.165) is 30.8 Å². The van der Waals surface area contributed by atoms with Crippen molar-refractivity contribution in [3.05, 3.63) is 29.8 Å². The molecule has 1 heterocycles. The zero-order valence-corrected chi connectivity index (χ0v) is 13.4. The lowest BCUT2D eigenvalue weighted by molar-refractivity contribution is -0.118. The Hall–Kier alpha value is -1.20. The topological polar surface area (TPSA) is 50.4 Å². The molecular formula is C16H24N2O2S. The molecule has 0 unspecified atom stereocenters. The number of hydrogen-bond donors (Lipinski definition) is 2. The number of hydrogen-bond acceptors (Lipinski definition) is 4. The molecule has 1 aromatic carbocycles. The van der Waals surface area contributed by atoms with Crippen molar-refractivity contribution in [2.75, 3.05) is 32.5 Å². The number of carbonyl (C=O) groups is 1. The van der Waals surface area contributed by atoms with Crippen LogP contribution in [0.2, 0.25) is 0 Å². The number of rotatable bonds is 7. The maximum atomic E-state index is 11.9. The van der Waals surface area contributed by atoms with Crippen LogP contribution in [0.5, 0.6) is 5.75 Å². The number of nitrogens with one attached hydrogen (secondary N) is 2. The molecule has 1 saturated heterocycles. The third kappa shape index (κ3) is 5.59. The number of benzene rings is 1. The Morgan fingerprint density at radius 1 is 1.38 bits per heavy atom. The van der Waals surface area contributed by atoms with Crippen LogP contribution >= 0.6 is 11.8 Å². The molecule has 0 saturated carbocycles. The van der Waals surface area contributed by atoms with Crippen molar-refractivity contribution in [3.63, 3.8) is 0 Å². The van der Waals surface area contributed by atoms with Gasteiger partial charge in [0.25, 0.3) is 0 Å². The summed E-state index contributed by atoms with van der Waals surface area (Å²) in [5.74, 6) is 1.58. The quantitative estimate of drug-likeness (QED) is 0.807. The highest BCUT2D eigenvalue weighted by atomic mass is 32.2. The third-order valence-electron chi connectivity index (χ3n) is 3.65. The van der Waals surface area contributed by atoms with Gasteiger partial charge in [0.05, 0.1) is 12.9 Å². The van der Waals surface area contributed by atoms with Gasteiger partial charge < -0.3 is 15.4 Å². The molecule has 0 aromatic heterocycles. The molecular weight excluding hydrogens is 284 g/mol. The summed E-state index contributed by atoms with van der Waals surface area (Å²) >= 11 is 1.78. The van der Waals surface area contributed by atoms with E-state index in [1.807, 2.05) is 24.3 Å². The largest absolute Gasteiger partial charge is 0.496 e. The third-order valence-corrected chi connectivity index (χ3v) is 5.02. The van der Waals surface area contributed by atoms with Crippen LogP contribution in [0, 0.1) is 0 Å². The van der Waals surface area contributed by atoms with Gasteiger partial charge >= 0.3 is 0 Å². The highest BCUT2D eigenvalue weighted by molar-refractivity contribution is 8.00. The van der Waals surface area contributed by atoms with Gasteiger partial charge in [0.2, 0.25) is 5.91 Å². The van der Waals surface area contributed by atoms with Gasteiger partial charge in [-0.1, -0.05) is 18.2 Å². The van der Waals surface area contributed by atoms with Crippen molar-refractivity contribution in [2.24, 2.45) is 0 Å². The van der Waals surface area contributed by atoms with Crippen LogP contribution in [0.25, 0.3) is 0 Å². The van der Waals surface area contributed by atoms with E-state index in [1.165, 1.54) is 12.8 Å². The zero-order chi connectivity index (χ0) is 14.9. The van der Waals surface area contributed by atoms with E-state index >= 15 is 0 Å². The summed E-state index contributed by atoms with van der Waals surface area (Å²) in [6.07, 6.45) is 3.13. The number of amides is 1. The SMILES string of the molecule is COc1ccccc1CCNC(=O)CSC1CCNCC1. The summed E-state index contributed by atoms with van der Waals surface area (Å²) in [6, 6.07) is 7.93. The first kappa shape index (κ1) is 16.2. The molecule has 1 aromatic rings. The van der Waals surface area contributed by atoms with Gasteiger partial charge in [-0.15, -0.1) is 11.8 Å². The Labute approximate surface area is 131 Å². The first-order valence-corrected chi connectivity index (χ1v) is 8.55. The van der Waals surface area contributed by atoms with Crippen LogP contribution in [0.3, 0.4) is 0 Å². The number of thioether (sulfide) groups is 1. The van der Waals surface area contributed by atoms with Gasteiger partial charge in [-0.3, -0.25) is 4.79 Å². The molecule has 116 valence electrons. The van der Waals surface area contributed by atoms with E-state index in [1.54, 1.807) is 18.9 Å². The minimum atomic E-state index is 0.133. The molecule has 0 bridgehead atoms. The molecule has 1 amide bonds. The van der Waals surface area contributed by atoms with Crippen LogP contribution in [0.15, 0.2) is 24.3 Å². The predicted octanol–water partition coefficient (Wildman–Crippen LogP) is 1.84. The second-order valence-electron chi connectivity index (χ2n) is 5.17. The molecule has 21 heavy (non-hydrogen) atoms. The van der Waals surface area contributed by atoms with Crippen LogP contribution < -0.4 is 15.4 Å². The lowest BCUT2D eigenvalue weighted by Gasteiger charge is -2.21. The Morgan fingerprint density at radius 3 is 2.90 bits per heavy atom. The summed E-state index contributed by atoms with van der Waals surface area (Å²) < 4.78 is 5.31. The van der Waals surface area contributed by atoms with Crippen LogP contribution in [-0.4, -0.2) is 43.7 Å². The minimum absolute atomic E-state index is 0.133. The second-order valence-corrected chi connectivity index (χ2v) is 6.46. The predicted molar refractivity (Wildman–Crippen MR) is 88.1 cm³/mol. The zero-order valence-electron chi connectivity index (χ0n) is 12.6. The summed E-state index contributed by atoms with van der Waals surface area (Å²) in [5.41, 5.74) is 1.13. The fourth-order valence-corrected chi connectivity index (χ4v) is 3.51. The normalized spacial score (nSPS) is 15.7. The van der Waals surface area contributed by atoms with Gasteiger partial charge in [0.1, 0.15) is 5.75 Å². The van der Waals surface area contributed by atoms with E-state index in [9.17, 15) is 4.79 Å². The smallest absolute Gasteiger partial charge is 0.230 e. The Bertz CT molecular complexity index is 448. The highest BCUT2D eigenvalue weighted by Crippen LogP contribution is 2.20. The fourth-order valence-electron chi connectivity index (χ4n) is 2.45. The highest BCUT2D eigenvalue weighted by Gasteiger charge is 2.14. The Morgan fingerprint density at radius 2 is 2.14 bits per heavy atom. The van der Waals surface area contributed by atoms with Gasteiger partial charge in [-0.05, 0) is 44.0 Å². The molecule has 1 aliphatic heterocycles.